The Kier molecular flexibility index (Phi) is 5.30. The monoisotopic (exact) mass is 287 g/mol. The summed E-state index contributed by atoms with van der Waals surface area (Å²) < 4.78 is 13.7. The van der Waals surface area contributed by atoms with E-state index in [1.54, 1.807) is 13.8 Å². The van der Waals surface area contributed by atoms with Gasteiger partial charge in [0.05, 0.1) is 17.0 Å². The van der Waals surface area contributed by atoms with Gasteiger partial charge in [-0.25, -0.2) is 4.39 Å². The highest BCUT2D eigenvalue weighted by Crippen LogP contribution is 2.22. The number of rotatable bonds is 5. The standard InChI is InChI=1S/C13H15ClFNO3/c1-3-16(8(2)7-11(17)18)13(19)12-9(14)5-4-6-10(12)15/h4-6,8H,3,7H2,1-2H3,(H,17,18). The number of carboxylic acids is 1. The van der Waals surface area contributed by atoms with Crippen LogP contribution in [0.15, 0.2) is 18.2 Å². The van der Waals surface area contributed by atoms with Crippen molar-refractivity contribution in [3.05, 3.63) is 34.6 Å². The topological polar surface area (TPSA) is 57.6 Å². The van der Waals surface area contributed by atoms with Crippen molar-refractivity contribution in [2.24, 2.45) is 0 Å². The highest BCUT2D eigenvalue weighted by Gasteiger charge is 2.25. The van der Waals surface area contributed by atoms with Gasteiger partial charge in [0.15, 0.2) is 0 Å². The summed E-state index contributed by atoms with van der Waals surface area (Å²) in [5, 5.41) is 8.77. The molecule has 4 nitrogen and oxygen atoms in total. The molecule has 0 bridgehead atoms. The van der Waals surface area contributed by atoms with Crippen LogP contribution in [0.1, 0.15) is 30.6 Å². The first-order valence-corrected chi connectivity index (χ1v) is 6.23. The molecule has 0 saturated carbocycles. The van der Waals surface area contributed by atoms with E-state index >= 15 is 0 Å². The molecule has 0 aliphatic carbocycles. The number of amides is 1. The average molecular weight is 288 g/mol. The zero-order valence-corrected chi connectivity index (χ0v) is 11.4. The molecule has 0 aromatic heterocycles. The van der Waals surface area contributed by atoms with E-state index in [-0.39, 0.29) is 23.6 Å². The van der Waals surface area contributed by atoms with Crippen LogP contribution in [0.3, 0.4) is 0 Å². The van der Waals surface area contributed by atoms with Crippen LogP contribution in [-0.4, -0.2) is 34.5 Å². The van der Waals surface area contributed by atoms with Crippen molar-refractivity contribution in [3.8, 4) is 0 Å². The van der Waals surface area contributed by atoms with Crippen LogP contribution in [0.4, 0.5) is 4.39 Å². The van der Waals surface area contributed by atoms with E-state index in [9.17, 15) is 14.0 Å². The SMILES string of the molecule is CCN(C(=O)c1c(F)cccc1Cl)C(C)CC(=O)O. The highest BCUT2D eigenvalue weighted by atomic mass is 35.5. The number of carbonyl (C=O) groups excluding carboxylic acids is 1. The number of carboxylic acid groups (broad SMARTS) is 1. The lowest BCUT2D eigenvalue weighted by atomic mass is 10.1. The van der Waals surface area contributed by atoms with E-state index in [1.807, 2.05) is 0 Å². The van der Waals surface area contributed by atoms with Gasteiger partial charge in [0, 0.05) is 12.6 Å². The summed E-state index contributed by atoms with van der Waals surface area (Å²) in [5.74, 6) is -2.32. The van der Waals surface area contributed by atoms with Gasteiger partial charge in [-0.05, 0) is 26.0 Å². The lowest BCUT2D eigenvalue weighted by Gasteiger charge is -2.27. The zero-order valence-electron chi connectivity index (χ0n) is 10.7. The molecule has 6 heteroatoms. The quantitative estimate of drug-likeness (QED) is 0.906. The van der Waals surface area contributed by atoms with Crippen LogP contribution < -0.4 is 0 Å². The Morgan fingerprint density at radius 1 is 1.47 bits per heavy atom. The van der Waals surface area contributed by atoms with E-state index < -0.39 is 23.7 Å². The lowest BCUT2D eigenvalue weighted by molar-refractivity contribution is -0.138. The molecule has 0 aliphatic rings. The van der Waals surface area contributed by atoms with Crippen molar-refractivity contribution < 1.29 is 19.1 Å². The molecule has 0 aliphatic heterocycles. The van der Waals surface area contributed by atoms with Gasteiger partial charge in [0.25, 0.3) is 5.91 Å². The van der Waals surface area contributed by atoms with Gasteiger partial charge in [0.1, 0.15) is 5.82 Å². The minimum atomic E-state index is -1.02. The summed E-state index contributed by atoms with van der Waals surface area (Å²) in [6.45, 7) is 3.58. The molecule has 104 valence electrons. The van der Waals surface area contributed by atoms with Crippen LogP contribution >= 0.6 is 11.6 Å². The van der Waals surface area contributed by atoms with Gasteiger partial charge in [-0.3, -0.25) is 9.59 Å². The van der Waals surface area contributed by atoms with Crippen molar-refractivity contribution in [2.75, 3.05) is 6.54 Å². The Bertz CT molecular complexity index is 473. The van der Waals surface area contributed by atoms with Crippen molar-refractivity contribution in [1.29, 1.82) is 0 Å². The number of hydrogen-bond acceptors (Lipinski definition) is 2. The van der Waals surface area contributed by atoms with Gasteiger partial charge >= 0.3 is 5.97 Å². The van der Waals surface area contributed by atoms with Crippen LogP contribution in [0.25, 0.3) is 0 Å². The van der Waals surface area contributed by atoms with Gasteiger partial charge in [0.2, 0.25) is 0 Å². The smallest absolute Gasteiger partial charge is 0.305 e. The third-order valence-electron chi connectivity index (χ3n) is 2.78. The number of carbonyl (C=O) groups is 2. The fourth-order valence-corrected chi connectivity index (χ4v) is 2.11. The molecule has 0 spiro atoms. The molecule has 1 unspecified atom stereocenters. The number of nitrogens with zero attached hydrogens (tertiary/aromatic N) is 1. The van der Waals surface area contributed by atoms with Gasteiger partial charge in [-0.15, -0.1) is 0 Å². The predicted molar refractivity (Wildman–Crippen MR) is 69.8 cm³/mol. The second-order valence-electron chi connectivity index (χ2n) is 4.13. The number of hydrogen-bond donors (Lipinski definition) is 1. The molecule has 0 radical (unpaired) electrons. The molecule has 0 fully saturated rings. The van der Waals surface area contributed by atoms with Crippen molar-refractivity contribution >= 4 is 23.5 Å². The normalized spacial score (nSPS) is 12.0. The van der Waals surface area contributed by atoms with Crippen LogP contribution in [-0.2, 0) is 4.79 Å². The summed E-state index contributed by atoms with van der Waals surface area (Å²) in [6.07, 6.45) is -0.203. The molecule has 1 atom stereocenters. The minimum absolute atomic E-state index is 0.0194. The Labute approximate surface area is 115 Å². The Morgan fingerprint density at radius 2 is 2.11 bits per heavy atom. The minimum Gasteiger partial charge on any atom is -0.481 e. The second-order valence-corrected chi connectivity index (χ2v) is 4.54. The van der Waals surface area contributed by atoms with E-state index in [1.165, 1.54) is 17.0 Å². The van der Waals surface area contributed by atoms with Crippen LogP contribution in [0, 0.1) is 5.82 Å². The average Bonchev–Trinajstić information content (AvgIpc) is 2.28. The van der Waals surface area contributed by atoms with Gasteiger partial charge < -0.3 is 10.0 Å². The lowest BCUT2D eigenvalue weighted by Crippen LogP contribution is -2.40. The third-order valence-corrected chi connectivity index (χ3v) is 3.10. The zero-order chi connectivity index (χ0) is 14.6. The maximum absolute atomic E-state index is 13.7. The molecule has 0 saturated heterocycles. The molecule has 1 aromatic carbocycles. The first-order chi connectivity index (χ1) is 8.88. The van der Waals surface area contributed by atoms with Gasteiger partial charge in [-0.1, -0.05) is 17.7 Å². The summed E-state index contributed by atoms with van der Waals surface area (Å²) in [4.78, 5) is 24.2. The maximum Gasteiger partial charge on any atom is 0.305 e. The first-order valence-electron chi connectivity index (χ1n) is 5.85. The fourth-order valence-electron chi connectivity index (χ4n) is 1.86. The first kappa shape index (κ1) is 15.4. The Balaban J connectivity index is 3.05. The van der Waals surface area contributed by atoms with Crippen molar-refractivity contribution in [1.82, 2.24) is 4.90 Å². The summed E-state index contributed by atoms with van der Waals surface area (Å²) in [5.41, 5.74) is -0.219. The van der Waals surface area contributed by atoms with Crippen molar-refractivity contribution in [3.63, 3.8) is 0 Å². The summed E-state index contributed by atoms with van der Waals surface area (Å²) in [7, 11) is 0. The molecule has 1 rings (SSSR count). The molecular weight excluding hydrogens is 273 g/mol. The number of aliphatic carboxylic acids is 1. The largest absolute Gasteiger partial charge is 0.481 e. The van der Waals surface area contributed by atoms with E-state index in [0.717, 1.165) is 6.07 Å². The third kappa shape index (κ3) is 3.67. The summed E-state index contributed by atoms with van der Waals surface area (Å²) in [6, 6.07) is 3.44. The molecule has 19 heavy (non-hydrogen) atoms. The Hall–Kier alpha value is -1.62. The number of halogens is 2. The number of benzene rings is 1. The predicted octanol–water partition coefficient (Wildman–Crippen LogP) is 2.80. The highest BCUT2D eigenvalue weighted by molar-refractivity contribution is 6.33. The van der Waals surface area contributed by atoms with Crippen LogP contribution in [0.2, 0.25) is 5.02 Å². The van der Waals surface area contributed by atoms with E-state index in [2.05, 4.69) is 0 Å². The van der Waals surface area contributed by atoms with E-state index in [4.69, 9.17) is 16.7 Å². The van der Waals surface area contributed by atoms with Crippen LogP contribution in [0.5, 0.6) is 0 Å². The molecule has 1 N–H and O–H groups in total. The molecule has 1 amide bonds. The van der Waals surface area contributed by atoms with E-state index in [0.29, 0.717) is 0 Å². The van der Waals surface area contributed by atoms with Gasteiger partial charge in [-0.2, -0.15) is 0 Å². The molecule has 0 heterocycles. The molecular formula is C13H15ClFNO3. The maximum atomic E-state index is 13.7. The summed E-state index contributed by atoms with van der Waals surface area (Å²) >= 11 is 5.83. The molecule has 1 aromatic rings. The fraction of sp³-hybridized carbons (Fsp3) is 0.385. The second kappa shape index (κ2) is 6.52. The van der Waals surface area contributed by atoms with Crippen molar-refractivity contribution in [2.45, 2.75) is 26.3 Å². The Morgan fingerprint density at radius 3 is 2.58 bits per heavy atom.